The van der Waals surface area contributed by atoms with Gasteiger partial charge in [0.2, 0.25) is 11.8 Å². The SMILES string of the molecule is O=C(Cc1ccc(Cl)cc1)N1CCN(C(=O)C2CCCN2)CC1. The largest absolute Gasteiger partial charge is 0.339 e. The summed E-state index contributed by atoms with van der Waals surface area (Å²) in [5.41, 5.74) is 0.966. The fraction of sp³-hybridized carbons (Fsp3) is 0.529. The third-order valence-electron chi connectivity index (χ3n) is 4.57. The number of rotatable bonds is 3. The van der Waals surface area contributed by atoms with Crippen molar-refractivity contribution in [1.82, 2.24) is 15.1 Å². The van der Waals surface area contributed by atoms with E-state index < -0.39 is 0 Å². The van der Waals surface area contributed by atoms with Crippen LogP contribution in [-0.4, -0.2) is 60.4 Å². The Morgan fingerprint density at radius 3 is 2.35 bits per heavy atom. The van der Waals surface area contributed by atoms with Crippen LogP contribution in [0.25, 0.3) is 0 Å². The van der Waals surface area contributed by atoms with Crippen LogP contribution in [0.2, 0.25) is 5.02 Å². The van der Waals surface area contributed by atoms with E-state index in [1.165, 1.54) is 0 Å². The van der Waals surface area contributed by atoms with E-state index in [0.717, 1.165) is 24.9 Å². The zero-order chi connectivity index (χ0) is 16.2. The maximum absolute atomic E-state index is 12.4. The third kappa shape index (κ3) is 4.03. The lowest BCUT2D eigenvalue weighted by Crippen LogP contribution is -2.54. The molecule has 2 heterocycles. The Bertz CT molecular complexity index is 562. The maximum atomic E-state index is 12.4. The van der Waals surface area contributed by atoms with Crippen molar-refractivity contribution in [2.45, 2.75) is 25.3 Å². The highest BCUT2D eigenvalue weighted by Crippen LogP contribution is 2.13. The van der Waals surface area contributed by atoms with E-state index in [9.17, 15) is 9.59 Å². The van der Waals surface area contributed by atoms with Crippen LogP contribution < -0.4 is 5.32 Å². The lowest BCUT2D eigenvalue weighted by Gasteiger charge is -2.36. The number of hydrogen-bond donors (Lipinski definition) is 1. The number of nitrogens with one attached hydrogen (secondary N) is 1. The summed E-state index contributed by atoms with van der Waals surface area (Å²) >= 11 is 5.86. The number of nitrogens with zero attached hydrogens (tertiary/aromatic N) is 2. The molecule has 0 saturated carbocycles. The van der Waals surface area contributed by atoms with Gasteiger partial charge in [-0.1, -0.05) is 23.7 Å². The van der Waals surface area contributed by atoms with Crippen LogP contribution in [0.1, 0.15) is 18.4 Å². The highest BCUT2D eigenvalue weighted by molar-refractivity contribution is 6.30. The maximum Gasteiger partial charge on any atom is 0.239 e. The van der Waals surface area contributed by atoms with Crippen molar-refractivity contribution < 1.29 is 9.59 Å². The van der Waals surface area contributed by atoms with Gasteiger partial charge in [-0.3, -0.25) is 9.59 Å². The summed E-state index contributed by atoms with van der Waals surface area (Å²) in [6, 6.07) is 7.34. The van der Waals surface area contributed by atoms with E-state index in [2.05, 4.69) is 5.32 Å². The first-order chi connectivity index (χ1) is 11.1. The summed E-state index contributed by atoms with van der Waals surface area (Å²) in [6.07, 6.45) is 2.37. The fourth-order valence-corrected chi connectivity index (χ4v) is 3.31. The van der Waals surface area contributed by atoms with Gasteiger partial charge in [0, 0.05) is 31.2 Å². The Morgan fingerprint density at radius 2 is 1.74 bits per heavy atom. The van der Waals surface area contributed by atoms with Crippen molar-refractivity contribution in [2.24, 2.45) is 0 Å². The molecule has 2 aliphatic rings. The molecule has 1 unspecified atom stereocenters. The quantitative estimate of drug-likeness (QED) is 0.906. The molecule has 0 aromatic heterocycles. The lowest BCUT2D eigenvalue weighted by atomic mass is 10.1. The zero-order valence-corrected chi connectivity index (χ0v) is 13.9. The predicted octanol–water partition coefficient (Wildman–Crippen LogP) is 1.31. The zero-order valence-electron chi connectivity index (χ0n) is 13.1. The molecule has 0 bridgehead atoms. The molecule has 1 atom stereocenters. The second kappa shape index (κ2) is 7.32. The minimum absolute atomic E-state index is 0.0219. The molecule has 0 radical (unpaired) electrons. The van der Waals surface area contributed by atoms with Gasteiger partial charge in [0.1, 0.15) is 0 Å². The summed E-state index contributed by atoms with van der Waals surface area (Å²) in [4.78, 5) is 28.4. The molecule has 2 aliphatic heterocycles. The molecular weight excluding hydrogens is 314 g/mol. The van der Waals surface area contributed by atoms with Crippen molar-refractivity contribution in [1.29, 1.82) is 0 Å². The standard InChI is InChI=1S/C17H22ClN3O2/c18-14-5-3-13(4-6-14)12-16(22)20-8-10-21(11-9-20)17(23)15-2-1-7-19-15/h3-6,15,19H,1-2,7-12H2. The summed E-state index contributed by atoms with van der Waals surface area (Å²) in [7, 11) is 0. The Hall–Kier alpha value is -1.59. The number of piperazine rings is 1. The van der Waals surface area contributed by atoms with Crippen LogP contribution in [0, 0.1) is 0 Å². The first kappa shape index (κ1) is 16.3. The summed E-state index contributed by atoms with van der Waals surface area (Å²) < 4.78 is 0. The topological polar surface area (TPSA) is 52.7 Å². The monoisotopic (exact) mass is 335 g/mol. The van der Waals surface area contributed by atoms with Gasteiger partial charge >= 0.3 is 0 Å². The fourth-order valence-electron chi connectivity index (χ4n) is 3.18. The number of carbonyl (C=O) groups is 2. The van der Waals surface area contributed by atoms with E-state index in [0.29, 0.717) is 37.6 Å². The number of benzene rings is 1. The summed E-state index contributed by atoms with van der Waals surface area (Å²) in [5, 5.41) is 3.92. The van der Waals surface area contributed by atoms with Gasteiger partial charge in [-0.05, 0) is 37.1 Å². The molecule has 3 rings (SSSR count). The van der Waals surface area contributed by atoms with Gasteiger partial charge in [-0.25, -0.2) is 0 Å². The summed E-state index contributed by atoms with van der Waals surface area (Å²) in [6.45, 7) is 3.42. The highest BCUT2D eigenvalue weighted by atomic mass is 35.5. The van der Waals surface area contributed by atoms with E-state index in [-0.39, 0.29) is 17.9 Å². The van der Waals surface area contributed by atoms with E-state index in [1.807, 2.05) is 21.9 Å². The number of hydrogen-bond acceptors (Lipinski definition) is 3. The molecule has 23 heavy (non-hydrogen) atoms. The molecule has 2 saturated heterocycles. The van der Waals surface area contributed by atoms with Crippen LogP contribution in [0.5, 0.6) is 0 Å². The van der Waals surface area contributed by atoms with E-state index >= 15 is 0 Å². The Balaban J connectivity index is 1.49. The lowest BCUT2D eigenvalue weighted by molar-refractivity contribution is -0.140. The molecule has 124 valence electrons. The minimum atomic E-state index is -0.0219. The second-order valence-corrected chi connectivity index (χ2v) is 6.59. The molecule has 1 N–H and O–H groups in total. The van der Waals surface area contributed by atoms with Gasteiger partial charge in [0.25, 0.3) is 0 Å². The average molecular weight is 336 g/mol. The van der Waals surface area contributed by atoms with Crippen molar-refractivity contribution in [3.05, 3.63) is 34.9 Å². The third-order valence-corrected chi connectivity index (χ3v) is 4.82. The first-order valence-electron chi connectivity index (χ1n) is 8.18. The van der Waals surface area contributed by atoms with Gasteiger partial charge in [0.15, 0.2) is 0 Å². The van der Waals surface area contributed by atoms with Crippen LogP contribution >= 0.6 is 11.6 Å². The Morgan fingerprint density at radius 1 is 1.09 bits per heavy atom. The van der Waals surface area contributed by atoms with Crippen LogP contribution in [0.15, 0.2) is 24.3 Å². The van der Waals surface area contributed by atoms with Gasteiger partial charge in [-0.15, -0.1) is 0 Å². The number of amides is 2. The molecule has 2 amide bonds. The molecule has 1 aromatic carbocycles. The van der Waals surface area contributed by atoms with E-state index in [1.54, 1.807) is 12.1 Å². The molecule has 5 nitrogen and oxygen atoms in total. The van der Waals surface area contributed by atoms with Crippen molar-refractivity contribution in [3.63, 3.8) is 0 Å². The van der Waals surface area contributed by atoms with Crippen LogP contribution in [-0.2, 0) is 16.0 Å². The summed E-state index contributed by atoms with van der Waals surface area (Å²) in [5.74, 6) is 0.297. The van der Waals surface area contributed by atoms with Crippen LogP contribution in [0.4, 0.5) is 0 Å². The molecule has 6 heteroatoms. The second-order valence-electron chi connectivity index (χ2n) is 6.16. The van der Waals surface area contributed by atoms with Gasteiger partial charge in [0.05, 0.1) is 12.5 Å². The predicted molar refractivity (Wildman–Crippen MR) is 89.3 cm³/mol. The van der Waals surface area contributed by atoms with Gasteiger partial charge in [-0.2, -0.15) is 0 Å². The Labute approximate surface area is 141 Å². The van der Waals surface area contributed by atoms with E-state index in [4.69, 9.17) is 11.6 Å². The molecule has 0 spiro atoms. The van der Waals surface area contributed by atoms with Crippen LogP contribution in [0.3, 0.4) is 0 Å². The van der Waals surface area contributed by atoms with Crippen molar-refractivity contribution in [3.8, 4) is 0 Å². The molecule has 0 aliphatic carbocycles. The molecule has 1 aromatic rings. The first-order valence-corrected chi connectivity index (χ1v) is 8.55. The molecule has 2 fully saturated rings. The number of carbonyl (C=O) groups excluding carboxylic acids is 2. The average Bonchev–Trinajstić information content (AvgIpc) is 3.11. The molecular formula is C17H22ClN3O2. The minimum Gasteiger partial charge on any atom is -0.339 e. The normalized spacial score (nSPS) is 21.5. The smallest absolute Gasteiger partial charge is 0.239 e. The Kier molecular flexibility index (Phi) is 5.18. The van der Waals surface area contributed by atoms with Gasteiger partial charge < -0.3 is 15.1 Å². The highest BCUT2D eigenvalue weighted by Gasteiger charge is 2.30. The number of halogens is 1. The van der Waals surface area contributed by atoms with Crippen molar-refractivity contribution in [2.75, 3.05) is 32.7 Å². The van der Waals surface area contributed by atoms with Crippen molar-refractivity contribution >= 4 is 23.4 Å².